The molecule has 0 spiro atoms. The van der Waals surface area contributed by atoms with E-state index < -0.39 is 5.41 Å². The quantitative estimate of drug-likeness (QED) is 0.867. The second-order valence-corrected chi connectivity index (χ2v) is 6.45. The van der Waals surface area contributed by atoms with Crippen LogP contribution in [0.15, 0.2) is 28.7 Å². The summed E-state index contributed by atoms with van der Waals surface area (Å²) in [7, 11) is 1.92. The molecule has 1 atom stereocenters. The Hall–Kier alpha value is -1.17. The number of nitrogens with zero attached hydrogens (tertiary/aromatic N) is 2. The van der Waals surface area contributed by atoms with E-state index in [1.165, 1.54) is 5.56 Å². The molecule has 2 aromatic rings. The molecule has 0 bridgehead atoms. The zero-order valence-electron chi connectivity index (χ0n) is 12.7. The van der Waals surface area contributed by atoms with Gasteiger partial charge in [-0.25, -0.2) is 0 Å². The van der Waals surface area contributed by atoms with Gasteiger partial charge in [-0.15, -0.1) is 0 Å². The Morgan fingerprint density at radius 3 is 2.57 bits per heavy atom. The summed E-state index contributed by atoms with van der Waals surface area (Å²) in [5, 5.41) is 14.5. The van der Waals surface area contributed by atoms with Crippen molar-refractivity contribution < 1.29 is 5.11 Å². The van der Waals surface area contributed by atoms with Gasteiger partial charge in [-0.2, -0.15) is 5.10 Å². The minimum atomic E-state index is -0.491. The highest BCUT2D eigenvalue weighted by molar-refractivity contribution is 9.10. The molecule has 5 heteroatoms. The Kier molecular flexibility index (Phi) is 4.86. The van der Waals surface area contributed by atoms with Crippen LogP contribution in [0.5, 0.6) is 0 Å². The van der Waals surface area contributed by atoms with Crippen LogP contribution < -0.4 is 5.73 Å². The van der Waals surface area contributed by atoms with Crippen molar-refractivity contribution in [2.75, 3.05) is 13.2 Å². The van der Waals surface area contributed by atoms with Crippen molar-refractivity contribution in [3.8, 4) is 0 Å². The Bertz CT molecular complexity index is 632. The summed E-state index contributed by atoms with van der Waals surface area (Å²) in [6.07, 6.45) is 0.640. The van der Waals surface area contributed by atoms with Gasteiger partial charge in [-0.3, -0.25) is 4.68 Å². The third kappa shape index (κ3) is 3.05. The number of aryl methyl sites for hydroxylation is 3. The highest BCUT2D eigenvalue weighted by atomic mass is 79.9. The molecule has 114 valence electrons. The first-order valence-electron chi connectivity index (χ1n) is 6.99. The van der Waals surface area contributed by atoms with E-state index in [1.807, 2.05) is 43.8 Å². The van der Waals surface area contributed by atoms with E-state index in [9.17, 15) is 5.11 Å². The van der Waals surface area contributed by atoms with E-state index in [1.54, 1.807) is 0 Å². The number of hydrogen-bond donors (Lipinski definition) is 2. The second-order valence-electron chi connectivity index (χ2n) is 5.66. The lowest BCUT2D eigenvalue weighted by Crippen LogP contribution is -2.41. The molecule has 0 aliphatic carbocycles. The van der Waals surface area contributed by atoms with Crippen molar-refractivity contribution in [3.63, 3.8) is 0 Å². The topological polar surface area (TPSA) is 64.1 Å². The molecule has 0 saturated carbocycles. The van der Waals surface area contributed by atoms with Crippen LogP contribution in [0.3, 0.4) is 0 Å². The first-order chi connectivity index (χ1) is 9.93. The van der Waals surface area contributed by atoms with Gasteiger partial charge in [0.05, 0.1) is 22.5 Å². The molecule has 2 rings (SSSR count). The van der Waals surface area contributed by atoms with Gasteiger partial charge in [0, 0.05) is 25.4 Å². The SMILES string of the molecule is Cc1cccc(C(CN)(CO)Cc2c(Br)c(C)nn2C)c1. The van der Waals surface area contributed by atoms with Crippen LogP contribution in [0.1, 0.15) is 22.5 Å². The summed E-state index contributed by atoms with van der Waals surface area (Å²) in [6, 6.07) is 8.19. The minimum Gasteiger partial charge on any atom is -0.395 e. The zero-order chi connectivity index (χ0) is 15.6. The molecule has 0 radical (unpaired) electrons. The van der Waals surface area contributed by atoms with E-state index in [2.05, 4.69) is 27.1 Å². The van der Waals surface area contributed by atoms with Crippen LogP contribution in [0.2, 0.25) is 0 Å². The maximum absolute atomic E-state index is 10.0. The monoisotopic (exact) mass is 351 g/mol. The summed E-state index contributed by atoms with van der Waals surface area (Å²) in [6.45, 7) is 4.39. The second kappa shape index (κ2) is 6.30. The van der Waals surface area contributed by atoms with Crippen LogP contribution in [-0.2, 0) is 18.9 Å². The number of hydrogen-bond acceptors (Lipinski definition) is 3. The molecule has 21 heavy (non-hydrogen) atoms. The minimum absolute atomic E-state index is 0.00359. The van der Waals surface area contributed by atoms with E-state index >= 15 is 0 Å². The highest BCUT2D eigenvalue weighted by Gasteiger charge is 2.33. The van der Waals surface area contributed by atoms with Crippen LogP contribution in [0.4, 0.5) is 0 Å². The van der Waals surface area contributed by atoms with E-state index in [-0.39, 0.29) is 6.61 Å². The third-order valence-electron chi connectivity index (χ3n) is 4.09. The summed E-state index contributed by atoms with van der Waals surface area (Å²) >= 11 is 3.59. The van der Waals surface area contributed by atoms with E-state index in [0.29, 0.717) is 13.0 Å². The fourth-order valence-corrected chi connectivity index (χ4v) is 3.15. The number of nitrogens with two attached hydrogens (primary N) is 1. The van der Waals surface area contributed by atoms with Gasteiger partial charge in [0.25, 0.3) is 0 Å². The van der Waals surface area contributed by atoms with Gasteiger partial charge in [0.1, 0.15) is 0 Å². The summed E-state index contributed by atoms with van der Waals surface area (Å²) in [4.78, 5) is 0. The number of rotatable bonds is 5. The third-order valence-corrected chi connectivity index (χ3v) is 5.12. The van der Waals surface area contributed by atoms with Gasteiger partial charge in [-0.1, -0.05) is 29.8 Å². The number of halogens is 1. The molecular formula is C16H22BrN3O. The largest absolute Gasteiger partial charge is 0.395 e. The van der Waals surface area contributed by atoms with Crippen molar-refractivity contribution in [1.29, 1.82) is 0 Å². The Balaban J connectivity index is 2.48. The van der Waals surface area contributed by atoms with E-state index in [0.717, 1.165) is 21.4 Å². The standard InChI is InChI=1S/C16H22BrN3O/c1-11-5-4-6-13(7-11)16(9-18,10-21)8-14-15(17)12(2)19-20(14)3/h4-7,21H,8-10,18H2,1-3H3. The number of aliphatic hydroxyl groups excluding tert-OH is 1. The first kappa shape index (κ1) is 16.2. The van der Waals surface area contributed by atoms with Gasteiger partial charge in [0.2, 0.25) is 0 Å². The van der Waals surface area contributed by atoms with Crippen LogP contribution >= 0.6 is 15.9 Å². The molecule has 4 nitrogen and oxygen atoms in total. The molecule has 1 aromatic heterocycles. The van der Waals surface area contributed by atoms with Crippen molar-refractivity contribution in [3.05, 3.63) is 51.3 Å². The Morgan fingerprint density at radius 1 is 1.38 bits per heavy atom. The Morgan fingerprint density at radius 2 is 2.10 bits per heavy atom. The molecule has 0 saturated heterocycles. The maximum Gasteiger partial charge on any atom is 0.0738 e. The fraction of sp³-hybridized carbons (Fsp3) is 0.438. The first-order valence-corrected chi connectivity index (χ1v) is 7.79. The zero-order valence-corrected chi connectivity index (χ0v) is 14.3. The predicted octanol–water partition coefficient (Wildman–Crippen LogP) is 2.23. The summed E-state index contributed by atoms with van der Waals surface area (Å²) in [5.74, 6) is 0. The number of aliphatic hydroxyl groups is 1. The van der Waals surface area contributed by atoms with Gasteiger partial charge in [-0.05, 0) is 35.3 Å². The van der Waals surface area contributed by atoms with Gasteiger partial charge >= 0.3 is 0 Å². The van der Waals surface area contributed by atoms with Crippen molar-refractivity contribution in [1.82, 2.24) is 9.78 Å². The lowest BCUT2D eigenvalue weighted by atomic mass is 9.77. The predicted molar refractivity (Wildman–Crippen MR) is 88.3 cm³/mol. The normalized spacial score (nSPS) is 14.2. The van der Waals surface area contributed by atoms with Crippen LogP contribution in [-0.4, -0.2) is 28.0 Å². The molecule has 0 amide bonds. The number of aromatic nitrogens is 2. The maximum atomic E-state index is 10.0. The molecule has 0 aliphatic heterocycles. The molecule has 0 aliphatic rings. The average molecular weight is 352 g/mol. The summed E-state index contributed by atoms with van der Waals surface area (Å²) < 4.78 is 2.85. The van der Waals surface area contributed by atoms with Crippen molar-refractivity contribution in [2.45, 2.75) is 25.7 Å². The van der Waals surface area contributed by atoms with Gasteiger partial charge in [0.15, 0.2) is 0 Å². The van der Waals surface area contributed by atoms with Gasteiger partial charge < -0.3 is 10.8 Å². The molecule has 1 unspecified atom stereocenters. The molecule has 0 fully saturated rings. The smallest absolute Gasteiger partial charge is 0.0738 e. The number of benzene rings is 1. The molecule has 1 heterocycles. The average Bonchev–Trinajstić information content (AvgIpc) is 2.70. The van der Waals surface area contributed by atoms with Crippen molar-refractivity contribution in [2.24, 2.45) is 12.8 Å². The highest BCUT2D eigenvalue weighted by Crippen LogP contribution is 2.32. The van der Waals surface area contributed by atoms with Crippen LogP contribution in [0.25, 0.3) is 0 Å². The molecular weight excluding hydrogens is 330 g/mol. The molecule has 3 N–H and O–H groups in total. The fourth-order valence-electron chi connectivity index (χ4n) is 2.67. The molecule has 1 aromatic carbocycles. The van der Waals surface area contributed by atoms with Crippen molar-refractivity contribution >= 4 is 15.9 Å². The lowest BCUT2D eigenvalue weighted by molar-refractivity contribution is 0.194. The Labute approximate surface area is 134 Å². The van der Waals surface area contributed by atoms with E-state index in [4.69, 9.17) is 5.73 Å². The van der Waals surface area contributed by atoms with Crippen LogP contribution in [0, 0.1) is 13.8 Å². The summed E-state index contributed by atoms with van der Waals surface area (Å²) in [5.41, 5.74) is 9.79. The lowest BCUT2D eigenvalue weighted by Gasteiger charge is -2.31.